The van der Waals surface area contributed by atoms with E-state index in [1.165, 1.54) is 24.3 Å². The van der Waals surface area contributed by atoms with Gasteiger partial charge in [-0.1, -0.05) is 41.4 Å². The first-order chi connectivity index (χ1) is 12.8. The SMILES string of the molecule is O=C1NC(=O)C(=Cc2cc(Cl)c(OCc3ccccc3F)c(Cl)c2)C(=O)N1. The molecule has 0 atom stereocenters. The minimum atomic E-state index is -0.893. The molecular weight excluding hydrogens is 398 g/mol. The number of barbiturate groups is 1. The molecule has 4 amide bonds. The van der Waals surface area contributed by atoms with Crippen molar-refractivity contribution >= 4 is 47.1 Å². The maximum absolute atomic E-state index is 13.7. The number of carbonyl (C=O) groups is 3. The van der Waals surface area contributed by atoms with Gasteiger partial charge < -0.3 is 4.74 Å². The second-order valence-electron chi connectivity index (χ2n) is 5.49. The molecule has 2 N–H and O–H groups in total. The highest BCUT2D eigenvalue weighted by atomic mass is 35.5. The number of imide groups is 2. The summed E-state index contributed by atoms with van der Waals surface area (Å²) in [6.45, 7) is -0.0839. The lowest BCUT2D eigenvalue weighted by Gasteiger charge is -2.15. The minimum absolute atomic E-state index is 0.0839. The molecule has 0 radical (unpaired) electrons. The third-order valence-electron chi connectivity index (χ3n) is 3.60. The van der Waals surface area contributed by atoms with E-state index in [4.69, 9.17) is 27.9 Å². The van der Waals surface area contributed by atoms with Crippen molar-refractivity contribution in [3.8, 4) is 5.75 Å². The molecule has 0 unspecified atom stereocenters. The predicted molar refractivity (Wildman–Crippen MR) is 96.9 cm³/mol. The molecule has 0 spiro atoms. The fourth-order valence-corrected chi connectivity index (χ4v) is 2.95. The summed E-state index contributed by atoms with van der Waals surface area (Å²) in [5, 5.41) is 4.14. The quantitative estimate of drug-likeness (QED) is 0.599. The molecule has 1 aliphatic rings. The fraction of sp³-hybridized carbons (Fsp3) is 0.0556. The van der Waals surface area contributed by atoms with Crippen LogP contribution < -0.4 is 15.4 Å². The number of hydrogen-bond donors (Lipinski definition) is 2. The van der Waals surface area contributed by atoms with Crippen LogP contribution in [0.5, 0.6) is 5.75 Å². The van der Waals surface area contributed by atoms with Crippen molar-refractivity contribution in [1.29, 1.82) is 0 Å². The molecule has 2 aromatic rings. The van der Waals surface area contributed by atoms with Gasteiger partial charge in [-0.05, 0) is 29.8 Å². The van der Waals surface area contributed by atoms with Gasteiger partial charge in [0.05, 0.1) is 10.0 Å². The summed E-state index contributed by atoms with van der Waals surface area (Å²) < 4.78 is 19.2. The normalized spacial score (nSPS) is 13.9. The van der Waals surface area contributed by atoms with Crippen LogP contribution in [-0.4, -0.2) is 17.8 Å². The summed E-state index contributed by atoms with van der Waals surface area (Å²) in [4.78, 5) is 34.6. The molecular formula is C18H11Cl2FN2O4. The third kappa shape index (κ3) is 4.27. The number of halogens is 3. The van der Waals surface area contributed by atoms with Gasteiger partial charge in [-0.15, -0.1) is 0 Å². The van der Waals surface area contributed by atoms with Gasteiger partial charge >= 0.3 is 6.03 Å². The van der Waals surface area contributed by atoms with Gasteiger partial charge in [-0.3, -0.25) is 20.2 Å². The zero-order valence-electron chi connectivity index (χ0n) is 13.5. The van der Waals surface area contributed by atoms with E-state index in [1.807, 2.05) is 10.6 Å². The van der Waals surface area contributed by atoms with Crippen LogP contribution in [0.1, 0.15) is 11.1 Å². The topological polar surface area (TPSA) is 84.5 Å². The Hall–Kier alpha value is -2.90. The van der Waals surface area contributed by atoms with Crippen LogP contribution in [0, 0.1) is 5.82 Å². The summed E-state index contributed by atoms with van der Waals surface area (Å²) in [6, 6.07) is 8.06. The molecule has 0 saturated carbocycles. The van der Waals surface area contributed by atoms with Gasteiger partial charge in [0.25, 0.3) is 11.8 Å². The standard InChI is InChI=1S/C18H11Cl2FN2O4/c19-12-6-9(5-11-16(24)22-18(26)23-17(11)25)7-13(20)15(12)27-8-10-3-1-2-4-14(10)21/h1-7H,8H2,(H2,22,23,24,25,26). The van der Waals surface area contributed by atoms with Gasteiger partial charge in [0, 0.05) is 5.56 Å². The number of rotatable bonds is 4. The molecule has 138 valence electrons. The number of nitrogens with one attached hydrogen (secondary N) is 2. The average Bonchev–Trinajstić information content (AvgIpc) is 2.59. The maximum atomic E-state index is 13.7. The summed E-state index contributed by atoms with van der Waals surface area (Å²) in [5.74, 6) is -1.96. The van der Waals surface area contributed by atoms with Gasteiger partial charge in [0.1, 0.15) is 18.0 Å². The smallest absolute Gasteiger partial charge is 0.328 e. The molecule has 1 heterocycles. The van der Waals surface area contributed by atoms with E-state index in [9.17, 15) is 18.8 Å². The average molecular weight is 409 g/mol. The van der Waals surface area contributed by atoms with Crippen LogP contribution in [-0.2, 0) is 16.2 Å². The first kappa shape index (κ1) is 18.9. The Morgan fingerprint density at radius 1 is 1.00 bits per heavy atom. The lowest BCUT2D eigenvalue weighted by Crippen LogP contribution is -2.51. The Morgan fingerprint density at radius 3 is 2.19 bits per heavy atom. The number of ether oxygens (including phenoxy) is 1. The van der Waals surface area contributed by atoms with Gasteiger partial charge in [-0.25, -0.2) is 9.18 Å². The van der Waals surface area contributed by atoms with Crippen LogP contribution in [0.25, 0.3) is 6.08 Å². The van der Waals surface area contributed by atoms with Gasteiger partial charge in [0.2, 0.25) is 0 Å². The molecule has 2 aromatic carbocycles. The number of urea groups is 1. The van der Waals surface area contributed by atoms with E-state index in [-0.39, 0.29) is 28.0 Å². The highest BCUT2D eigenvalue weighted by Crippen LogP contribution is 2.35. The van der Waals surface area contributed by atoms with Crippen LogP contribution in [0.3, 0.4) is 0 Å². The van der Waals surface area contributed by atoms with Gasteiger partial charge in [0.15, 0.2) is 5.75 Å². The zero-order valence-corrected chi connectivity index (χ0v) is 15.0. The fourth-order valence-electron chi connectivity index (χ4n) is 2.34. The highest BCUT2D eigenvalue weighted by Gasteiger charge is 2.27. The van der Waals surface area contributed by atoms with E-state index >= 15 is 0 Å². The number of benzene rings is 2. The molecule has 1 fully saturated rings. The van der Waals surface area contributed by atoms with Gasteiger partial charge in [-0.2, -0.15) is 0 Å². The molecule has 1 saturated heterocycles. The summed E-state index contributed by atoms with van der Waals surface area (Å²) >= 11 is 12.3. The predicted octanol–water partition coefficient (Wildman–Crippen LogP) is 3.46. The molecule has 1 aliphatic heterocycles. The Labute approximate surface area is 162 Å². The number of carbonyl (C=O) groups excluding carboxylic acids is 3. The Kier molecular flexibility index (Phi) is 5.43. The lowest BCUT2D eigenvalue weighted by molar-refractivity contribution is -0.123. The van der Waals surface area contributed by atoms with E-state index in [2.05, 4.69) is 0 Å². The van der Waals surface area contributed by atoms with E-state index in [1.54, 1.807) is 18.2 Å². The molecule has 9 heteroatoms. The van der Waals surface area contributed by atoms with Crippen molar-refractivity contribution in [3.63, 3.8) is 0 Å². The Morgan fingerprint density at radius 2 is 1.59 bits per heavy atom. The number of hydrogen-bond acceptors (Lipinski definition) is 4. The second kappa shape index (κ2) is 7.77. The first-order valence-electron chi connectivity index (χ1n) is 7.59. The van der Waals surface area contributed by atoms with E-state index < -0.39 is 23.7 Å². The third-order valence-corrected chi connectivity index (χ3v) is 4.17. The monoisotopic (exact) mass is 408 g/mol. The van der Waals surface area contributed by atoms with Crippen LogP contribution >= 0.6 is 23.2 Å². The van der Waals surface area contributed by atoms with Crippen molar-refractivity contribution in [2.75, 3.05) is 0 Å². The molecule has 0 aliphatic carbocycles. The van der Waals surface area contributed by atoms with Crippen LogP contribution in [0.2, 0.25) is 10.0 Å². The summed E-state index contributed by atoms with van der Waals surface area (Å²) in [7, 11) is 0. The summed E-state index contributed by atoms with van der Waals surface area (Å²) in [5.41, 5.74) is 0.399. The molecule has 27 heavy (non-hydrogen) atoms. The number of amides is 4. The van der Waals surface area contributed by atoms with Crippen molar-refractivity contribution < 1.29 is 23.5 Å². The Bertz CT molecular complexity index is 946. The molecule has 0 bridgehead atoms. The second-order valence-corrected chi connectivity index (χ2v) is 6.30. The van der Waals surface area contributed by atoms with Crippen LogP contribution in [0.15, 0.2) is 42.0 Å². The molecule has 3 rings (SSSR count). The molecule has 6 nitrogen and oxygen atoms in total. The minimum Gasteiger partial charge on any atom is -0.486 e. The van der Waals surface area contributed by atoms with Crippen molar-refractivity contribution in [1.82, 2.24) is 10.6 Å². The largest absolute Gasteiger partial charge is 0.486 e. The van der Waals surface area contributed by atoms with E-state index in [0.717, 1.165) is 0 Å². The zero-order chi connectivity index (χ0) is 19.6. The lowest BCUT2D eigenvalue weighted by atomic mass is 10.1. The van der Waals surface area contributed by atoms with Crippen molar-refractivity contribution in [2.24, 2.45) is 0 Å². The maximum Gasteiger partial charge on any atom is 0.328 e. The van der Waals surface area contributed by atoms with E-state index in [0.29, 0.717) is 11.1 Å². The van der Waals surface area contributed by atoms with Crippen molar-refractivity contribution in [2.45, 2.75) is 6.61 Å². The Balaban J connectivity index is 1.84. The summed E-state index contributed by atoms with van der Waals surface area (Å²) in [6.07, 6.45) is 1.23. The van der Waals surface area contributed by atoms with Crippen LogP contribution in [0.4, 0.5) is 9.18 Å². The molecule has 0 aromatic heterocycles. The van der Waals surface area contributed by atoms with Crippen molar-refractivity contribution in [3.05, 3.63) is 69.0 Å². The first-order valence-corrected chi connectivity index (χ1v) is 8.34. The highest BCUT2D eigenvalue weighted by molar-refractivity contribution is 6.37.